The molecular formula is C30H24Cl2N12O12S4. The van der Waals surface area contributed by atoms with Crippen LogP contribution in [0.3, 0.4) is 0 Å². The minimum atomic E-state index is -5.14. The van der Waals surface area contributed by atoms with Gasteiger partial charge in [-0.05, 0) is 83.9 Å². The minimum absolute atomic E-state index is 0.0691. The maximum Gasteiger partial charge on any atom is 0.296 e. The van der Waals surface area contributed by atoms with Gasteiger partial charge < -0.3 is 21.4 Å². The molecule has 0 bridgehead atoms. The van der Waals surface area contributed by atoms with Crippen LogP contribution in [0.2, 0.25) is 10.6 Å². The molecule has 2 aromatic heterocycles. The van der Waals surface area contributed by atoms with Crippen molar-refractivity contribution in [2.45, 2.75) is 19.6 Å². The lowest BCUT2D eigenvalue weighted by molar-refractivity contribution is 0.480. The van der Waals surface area contributed by atoms with Gasteiger partial charge in [-0.2, -0.15) is 43.6 Å². The molecule has 0 radical (unpaired) electrons. The van der Waals surface area contributed by atoms with Crippen LogP contribution in [-0.4, -0.2) is 81.8 Å². The van der Waals surface area contributed by atoms with E-state index in [4.69, 9.17) is 34.7 Å². The summed E-state index contributed by atoms with van der Waals surface area (Å²) in [4.78, 5) is 32.2. The van der Waals surface area contributed by atoms with E-state index in [1.165, 1.54) is 24.3 Å². The molecule has 0 fully saturated rings. The number of aromatic amines is 4. The van der Waals surface area contributed by atoms with Gasteiger partial charge in [-0.3, -0.25) is 28.2 Å². The fraction of sp³-hybridized carbons (Fsp3) is 0. The van der Waals surface area contributed by atoms with Crippen LogP contribution in [0.4, 0.5) is 34.1 Å². The van der Waals surface area contributed by atoms with Gasteiger partial charge in [0.25, 0.3) is 40.5 Å². The van der Waals surface area contributed by atoms with Crippen LogP contribution in [0, 0.1) is 0 Å². The molecule has 0 saturated carbocycles. The standard InChI is InChI=1S/C30H24Cl2N12O12S4/c31-25-39-27(35-13-3-7-21(19(33)9-13)57(45,46)47)43-29(41-25)37-15-1-5-17(23(11-15)59(51,52)53)18-6-2-16(12-24(18)60(54,55)56)38-30-42-26(32)40-28(44-30)36-14-4-8-22(20(34)10-14)58(48,49)50/h1-12H,33-34H2,(H,45,46,47)(H,48,49,50)(H,51,52,53)(H,54,55,56)(H2,35,37,39,41,43)(H2,36,38,40,42,44). The molecule has 4 aromatic carbocycles. The second kappa shape index (κ2) is 16.2. The monoisotopic (exact) mass is 942 g/mol. The number of hydrogen-bond donors (Lipinski definition) is 10. The molecule has 6 aromatic rings. The molecule has 0 spiro atoms. The van der Waals surface area contributed by atoms with Crippen LogP contribution in [0.5, 0.6) is 0 Å². The number of anilines is 2. The number of nitrogen functional groups attached to an aromatic ring is 2. The summed E-state index contributed by atoms with van der Waals surface area (Å²) >= 11 is 12.2. The summed E-state index contributed by atoms with van der Waals surface area (Å²) in [5, 5.41) is -0.561. The number of H-pyrrole nitrogens is 4. The van der Waals surface area contributed by atoms with E-state index in [9.17, 15) is 51.9 Å². The summed E-state index contributed by atoms with van der Waals surface area (Å²) < 4.78 is 136. The zero-order valence-electron chi connectivity index (χ0n) is 29.2. The molecule has 12 N–H and O–H groups in total. The largest absolute Gasteiger partial charge is 0.398 e. The van der Waals surface area contributed by atoms with E-state index in [1.54, 1.807) is 0 Å². The third-order valence-corrected chi connectivity index (χ3v) is 11.6. The Morgan fingerprint density at radius 2 is 0.767 bits per heavy atom. The predicted molar refractivity (Wildman–Crippen MR) is 210 cm³/mol. The van der Waals surface area contributed by atoms with Gasteiger partial charge in [0.1, 0.15) is 19.6 Å². The maximum atomic E-state index is 12.7. The van der Waals surface area contributed by atoms with E-state index in [0.29, 0.717) is 0 Å². The summed E-state index contributed by atoms with van der Waals surface area (Å²) in [5.41, 5.74) is 9.00. The number of rotatable bonds is 9. The minimum Gasteiger partial charge on any atom is -0.398 e. The van der Waals surface area contributed by atoms with Crippen molar-refractivity contribution in [3.8, 4) is 11.1 Å². The highest BCUT2D eigenvalue weighted by Crippen LogP contribution is 2.36. The Morgan fingerprint density at radius 3 is 1.08 bits per heavy atom. The highest BCUT2D eigenvalue weighted by Gasteiger charge is 2.24. The normalized spacial score (nSPS) is 13.9. The van der Waals surface area contributed by atoms with Crippen LogP contribution in [0.15, 0.2) is 112 Å². The van der Waals surface area contributed by atoms with Crippen molar-refractivity contribution in [2.24, 2.45) is 20.0 Å². The molecule has 0 aliphatic heterocycles. The molecule has 30 heteroatoms. The first-order chi connectivity index (χ1) is 27.8. The first kappa shape index (κ1) is 43.5. The Bertz CT molecular complexity index is 3280. The Hall–Kier alpha value is -6.08. The van der Waals surface area contributed by atoms with Gasteiger partial charge in [0.05, 0.1) is 34.1 Å². The smallest absolute Gasteiger partial charge is 0.296 e. The van der Waals surface area contributed by atoms with Crippen molar-refractivity contribution in [3.63, 3.8) is 0 Å². The lowest BCUT2D eigenvalue weighted by Gasteiger charge is -2.12. The number of halogens is 2. The van der Waals surface area contributed by atoms with Crippen molar-refractivity contribution in [2.75, 3.05) is 11.5 Å². The summed E-state index contributed by atoms with van der Waals surface area (Å²) in [7, 11) is -19.5. The first-order valence-electron chi connectivity index (χ1n) is 15.7. The highest BCUT2D eigenvalue weighted by atomic mass is 35.5. The fourth-order valence-electron chi connectivity index (χ4n) is 5.20. The number of benzene rings is 4. The maximum absolute atomic E-state index is 12.7. The molecule has 0 aliphatic rings. The van der Waals surface area contributed by atoms with Crippen molar-refractivity contribution >= 4 is 97.8 Å². The van der Waals surface area contributed by atoms with Crippen LogP contribution >= 0.6 is 23.2 Å². The van der Waals surface area contributed by atoms with Gasteiger partial charge in [0, 0.05) is 11.1 Å². The van der Waals surface area contributed by atoms with Crippen molar-refractivity contribution in [1.82, 2.24) is 29.9 Å². The molecule has 60 heavy (non-hydrogen) atoms. The molecule has 0 aliphatic carbocycles. The lowest BCUT2D eigenvalue weighted by Crippen LogP contribution is -2.26. The second-order valence-corrected chi connectivity index (χ2v) is 18.1. The van der Waals surface area contributed by atoms with Crippen molar-refractivity contribution in [3.05, 3.63) is 106 Å². The van der Waals surface area contributed by atoms with Crippen molar-refractivity contribution < 1.29 is 51.9 Å². The first-order valence-corrected chi connectivity index (χ1v) is 22.2. The van der Waals surface area contributed by atoms with E-state index in [1.807, 2.05) is 0 Å². The summed E-state index contributed by atoms with van der Waals surface area (Å²) in [5.74, 6) is 0. The molecule has 24 nitrogen and oxygen atoms in total. The topological polar surface area (TPSA) is 408 Å². The van der Waals surface area contributed by atoms with Gasteiger partial charge in [0.2, 0.25) is 33.0 Å². The lowest BCUT2D eigenvalue weighted by atomic mass is 10.0. The Balaban J connectivity index is 1.41. The Morgan fingerprint density at radius 1 is 0.450 bits per heavy atom. The van der Waals surface area contributed by atoms with Crippen LogP contribution in [0.25, 0.3) is 11.1 Å². The van der Waals surface area contributed by atoms with Crippen LogP contribution < -0.4 is 33.9 Å². The third-order valence-electron chi connectivity index (χ3n) is 7.58. The molecule has 0 amide bonds. The van der Waals surface area contributed by atoms with E-state index in [0.717, 1.165) is 48.5 Å². The van der Waals surface area contributed by atoms with Crippen LogP contribution in [-0.2, 0) is 40.5 Å². The zero-order valence-corrected chi connectivity index (χ0v) is 34.0. The Labute approximate surface area is 345 Å². The van der Waals surface area contributed by atoms with Gasteiger partial charge in [0.15, 0.2) is 0 Å². The Kier molecular flexibility index (Phi) is 11.7. The number of nitrogens with one attached hydrogen (secondary N) is 4. The highest BCUT2D eigenvalue weighted by molar-refractivity contribution is 7.86. The fourth-order valence-corrected chi connectivity index (χ4v) is 8.19. The average molecular weight is 944 g/mol. The van der Waals surface area contributed by atoms with Crippen LogP contribution in [0.1, 0.15) is 0 Å². The molecule has 6 rings (SSSR count). The SMILES string of the molecule is Nc1cc(N=c2nc(Cl)[nH]c(=Nc3ccc(-c4ccc(N=c5[nH]c(Cl)nc(=Nc6ccc(S(=O)(=O)O)c(N)c6)[nH]5)cc4S(=O)(=O)O)c(S(=O)(=O)O)c3)[nH]2)ccc1S(=O)(=O)O. The number of aromatic nitrogens is 6. The summed E-state index contributed by atoms with van der Waals surface area (Å²) in [6.45, 7) is 0. The summed E-state index contributed by atoms with van der Waals surface area (Å²) in [6, 6.07) is 13.0. The van der Waals surface area contributed by atoms with Crippen molar-refractivity contribution in [1.29, 1.82) is 0 Å². The predicted octanol–water partition coefficient (Wildman–Crippen LogP) is 1.84. The molecule has 314 valence electrons. The quantitative estimate of drug-likeness (QED) is 0.0730. The zero-order chi connectivity index (χ0) is 43.9. The van der Waals surface area contributed by atoms with Gasteiger partial charge >= 0.3 is 0 Å². The van der Waals surface area contributed by atoms with E-state index >= 15 is 0 Å². The molecule has 0 saturated heterocycles. The number of nitrogens with two attached hydrogens (primary N) is 2. The molecular weight excluding hydrogens is 920 g/mol. The van der Waals surface area contributed by atoms with Gasteiger partial charge in [-0.15, -0.1) is 0 Å². The second-order valence-electron chi connectivity index (χ2n) is 11.8. The third kappa shape index (κ3) is 10.4. The van der Waals surface area contributed by atoms with Gasteiger partial charge in [-0.1, -0.05) is 12.1 Å². The average Bonchev–Trinajstić information content (AvgIpc) is 3.09. The molecule has 2 heterocycles. The molecule has 0 unspecified atom stereocenters. The van der Waals surface area contributed by atoms with E-state index < -0.39 is 71.2 Å². The molecule has 0 atom stereocenters. The summed E-state index contributed by atoms with van der Waals surface area (Å²) in [6.07, 6.45) is 0. The number of nitrogens with zero attached hydrogens (tertiary/aromatic N) is 6. The number of hydrogen-bond acceptors (Lipinski definition) is 16. The van der Waals surface area contributed by atoms with E-state index in [2.05, 4.69) is 49.9 Å². The van der Waals surface area contributed by atoms with E-state index in [-0.39, 0.29) is 67.2 Å². The van der Waals surface area contributed by atoms with Gasteiger partial charge in [-0.25, -0.2) is 20.0 Å².